The van der Waals surface area contributed by atoms with E-state index in [1.807, 2.05) is 13.8 Å². The number of halogens is 1. The third-order valence-corrected chi connectivity index (χ3v) is 3.16. The number of urea groups is 1. The average Bonchev–Trinajstić information content (AvgIpc) is 2.37. The van der Waals surface area contributed by atoms with Crippen LogP contribution in [0.5, 0.6) is 0 Å². The molecule has 0 aliphatic heterocycles. The van der Waals surface area contributed by atoms with Crippen LogP contribution in [0.4, 0.5) is 10.5 Å². The molecule has 1 aromatic rings. The topological polar surface area (TPSA) is 78.4 Å². The van der Waals surface area contributed by atoms with Crippen LogP contribution in [0.2, 0.25) is 5.02 Å². The van der Waals surface area contributed by atoms with Crippen LogP contribution in [0.3, 0.4) is 0 Å². The van der Waals surface area contributed by atoms with E-state index in [4.69, 9.17) is 16.7 Å². The van der Waals surface area contributed by atoms with Crippen LogP contribution in [0, 0.1) is 0 Å². The lowest BCUT2D eigenvalue weighted by molar-refractivity contribution is 0.0698. The van der Waals surface area contributed by atoms with E-state index < -0.39 is 12.0 Å². The molecule has 0 heterocycles. The van der Waals surface area contributed by atoms with Crippen molar-refractivity contribution in [3.63, 3.8) is 0 Å². The Labute approximate surface area is 123 Å². The van der Waals surface area contributed by atoms with Crippen molar-refractivity contribution in [1.82, 2.24) is 5.32 Å². The number of aromatic carboxylic acids is 1. The van der Waals surface area contributed by atoms with Gasteiger partial charge >= 0.3 is 12.0 Å². The van der Waals surface area contributed by atoms with Crippen molar-refractivity contribution in [2.45, 2.75) is 39.2 Å². The second-order valence-corrected chi connectivity index (χ2v) is 4.92. The SMILES string of the molecule is CCCC(CC)NC(=O)Nc1cc(Cl)ccc1C(=O)O. The maximum absolute atomic E-state index is 11.9. The average molecular weight is 299 g/mol. The summed E-state index contributed by atoms with van der Waals surface area (Å²) in [5.41, 5.74) is 0.196. The van der Waals surface area contributed by atoms with Gasteiger partial charge in [-0.2, -0.15) is 0 Å². The number of rotatable bonds is 6. The van der Waals surface area contributed by atoms with Gasteiger partial charge in [0.1, 0.15) is 0 Å². The van der Waals surface area contributed by atoms with Crippen LogP contribution in [0.1, 0.15) is 43.5 Å². The molecular formula is C14H19ClN2O3. The second-order valence-electron chi connectivity index (χ2n) is 4.49. The van der Waals surface area contributed by atoms with Gasteiger partial charge in [-0.3, -0.25) is 0 Å². The Bertz CT molecular complexity index is 491. The molecular weight excluding hydrogens is 280 g/mol. The first-order valence-corrected chi connectivity index (χ1v) is 6.96. The molecule has 0 saturated carbocycles. The largest absolute Gasteiger partial charge is 0.478 e. The Morgan fingerprint density at radius 1 is 1.35 bits per heavy atom. The van der Waals surface area contributed by atoms with Crippen molar-refractivity contribution < 1.29 is 14.7 Å². The van der Waals surface area contributed by atoms with Crippen molar-refractivity contribution in [3.8, 4) is 0 Å². The first-order chi connectivity index (χ1) is 9.47. The molecule has 0 saturated heterocycles. The summed E-state index contributed by atoms with van der Waals surface area (Å²) in [6, 6.07) is 3.91. The molecule has 0 aliphatic rings. The molecule has 5 nitrogen and oxygen atoms in total. The number of hydrogen-bond donors (Lipinski definition) is 3. The Hall–Kier alpha value is -1.75. The fraction of sp³-hybridized carbons (Fsp3) is 0.429. The molecule has 3 N–H and O–H groups in total. The standard InChI is InChI=1S/C14H19ClN2O3/c1-3-5-10(4-2)16-14(20)17-12-8-9(15)6-7-11(12)13(18)19/h6-8,10H,3-5H2,1-2H3,(H,18,19)(H2,16,17,20). The minimum absolute atomic E-state index is 0.00749. The summed E-state index contributed by atoms with van der Waals surface area (Å²) >= 11 is 5.82. The van der Waals surface area contributed by atoms with Crippen molar-refractivity contribution in [2.24, 2.45) is 0 Å². The van der Waals surface area contributed by atoms with Gasteiger partial charge in [-0.15, -0.1) is 0 Å². The van der Waals surface area contributed by atoms with Crippen LogP contribution < -0.4 is 10.6 Å². The highest BCUT2D eigenvalue weighted by molar-refractivity contribution is 6.31. The van der Waals surface area contributed by atoms with E-state index in [-0.39, 0.29) is 17.3 Å². The number of benzene rings is 1. The molecule has 0 radical (unpaired) electrons. The van der Waals surface area contributed by atoms with Gasteiger partial charge in [0.25, 0.3) is 0 Å². The molecule has 0 fully saturated rings. The molecule has 1 rings (SSSR count). The highest BCUT2D eigenvalue weighted by atomic mass is 35.5. The fourth-order valence-corrected chi connectivity index (χ4v) is 2.05. The van der Waals surface area contributed by atoms with Gasteiger partial charge in [0.15, 0.2) is 0 Å². The molecule has 1 unspecified atom stereocenters. The van der Waals surface area contributed by atoms with Gasteiger partial charge in [0, 0.05) is 11.1 Å². The van der Waals surface area contributed by atoms with Gasteiger partial charge in [-0.05, 0) is 31.0 Å². The molecule has 0 aliphatic carbocycles. The van der Waals surface area contributed by atoms with E-state index in [0.29, 0.717) is 5.02 Å². The zero-order valence-corrected chi connectivity index (χ0v) is 12.3. The highest BCUT2D eigenvalue weighted by Gasteiger charge is 2.14. The van der Waals surface area contributed by atoms with Gasteiger partial charge in [-0.25, -0.2) is 9.59 Å². The van der Waals surface area contributed by atoms with Crippen LogP contribution in [0.25, 0.3) is 0 Å². The van der Waals surface area contributed by atoms with Gasteiger partial charge in [0.2, 0.25) is 0 Å². The second kappa shape index (κ2) is 7.75. The maximum Gasteiger partial charge on any atom is 0.337 e. The minimum atomic E-state index is -1.11. The first kappa shape index (κ1) is 16.3. The fourth-order valence-electron chi connectivity index (χ4n) is 1.88. The molecule has 20 heavy (non-hydrogen) atoms. The number of carboxylic acid groups (broad SMARTS) is 1. The van der Waals surface area contributed by atoms with E-state index in [1.165, 1.54) is 18.2 Å². The molecule has 1 atom stereocenters. The van der Waals surface area contributed by atoms with Crippen molar-refractivity contribution in [1.29, 1.82) is 0 Å². The zero-order valence-electron chi connectivity index (χ0n) is 11.6. The maximum atomic E-state index is 11.9. The van der Waals surface area contributed by atoms with Crippen molar-refractivity contribution in [2.75, 3.05) is 5.32 Å². The predicted octanol–water partition coefficient (Wildman–Crippen LogP) is 3.74. The number of amides is 2. The Morgan fingerprint density at radius 2 is 2.05 bits per heavy atom. The van der Waals surface area contributed by atoms with E-state index in [0.717, 1.165) is 19.3 Å². The number of carboxylic acids is 1. The number of carbonyl (C=O) groups is 2. The normalized spacial score (nSPS) is 11.8. The quantitative estimate of drug-likeness (QED) is 0.748. The Morgan fingerprint density at radius 3 is 2.60 bits per heavy atom. The van der Waals surface area contributed by atoms with E-state index >= 15 is 0 Å². The third kappa shape index (κ3) is 4.74. The van der Waals surface area contributed by atoms with Gasteiger partial charge < -0.3 is 15.7 Å². The summed E-state index contributed by atoms with van der Waals surface area (Å²) < 4.78 is 0. The van der Waals surface area contributed by atoms with Crippen molar-refractivity contribution >= 4 is 29.3 Å². The van der Waals surface area contributed by atoms with Crippen LogP contribution in [0.15, 0.2) is 18.2 Å². The minimum Gasteiger partial charge on any atom is -0.478 e. The lowest BCUT2D eigenvalue weighted by Crippen LogP contribution is -2.37. The summed E-state index contributed by atoms with van der Waals surface area (Å²) in [7, 11) is 0. The number of hydrogen-bond acceptors (Lipinski definition) is 2. The summed E-state index contributed by atoms with van der Waals surface area (Å²) in [5, 5.41) is 14.8. The van der Waals surface area contributed by atoms with E-state index in [9.17, 15) is 9.59 Å². The van der Waals surface area contributed by atoms with Crippen molar-refractivity contribution in [3.05, 3.63) is 28.8 Å². The molecule has 6 heteroatoms. The smallest absolute Gasteiger partial charge is 0.337 e. The monoisotopic (exact) mass is 298 g/mol. The van der Waals surface area contributed by atoms with Crippen LogP contribution >= 0.6 is 11.6 Å². The lowest BCUT2D eigenvalue weighted by atomic mass is 10.1. The van der Waals surface area contributed by atoms with Gasteiger partial charge in [0.05, 0.1) is 11.3 Å². The first-order valence-electron chi connectivity index (χ1n) is 6.58. The van der Waals surface area contributed by atoms with E-state index in [2.05, 4.69) is 10.6 Å². The number of anilines is 1. The summed E-state index contributed by atoms with van der Waals surface area (Å²) in [6.07, 6.45) is 2.67. The molecule has 1 aromatic carbocycles. The zero-order chi connectivity index (χ0) is 15.1. The van der Waals surface area contributed by atoms with E-state index in [1.54, 1.807) is 0 Å². The van der Waals surface area contributed by atoms with Crippen LogP contribution in [-0.2, 0) is 0 Å². The third-order valence-electron chi connectivity index (χ3n) is 2.93. The van der Waals surface area contributed by atoms with Crippen LogP contribution in [-0.4, -0.2) is 23.1 Å². The molecule has 0 bridgehead atoms. The Balaban J connectivity index is 2.79. The number of carbonyl (C=O) groups excluding carboxylic acids is 1. The summed E-state index contributed by atoms with van der Waals surface area (Å²) in [5.74, 6) is -1.11. The summed E-state index contributed by atoms with van der Waals surface area (Å²) in [4.78, 5) is 23.0. The van der Waals surface area contributed by atoms with Gasteiger partial charge in [-0.1, -0.05) is 31.9 Å². The molecule has 2 amide bonds. The highest BCUT2D eigenvalue weighted by Crippen LogP contribution is 2.21. The predicted molar refractivity (Wildman–Crippen MR) is 79.6 cm³/mol. The number of nitrogens with one attached hydrogen (secondary N) is 2. The summed E-state index contributed by atoms with van der Waals surface area (Å²) in [6.45, 7) is 4.03. The molecule has 0 spiro atoms. The Kier molecular flexibility index (Phi) is 6.31. The lowest BCUT2D eigenvalue weighted by Gasteiger charge is -2.17. The molecule has 110 valence electrons. The molecule has 0 aromatic heterocycles.